The number of amides is 1. The zero-order valence-electron chi connectivity index (χ0n) is 12.2. The van der Waals surface area contributed by atoms with Gasteiger partial charge in [-0.2, -0.15) is 0 Å². The lowest BCUT2D eigenvalue weighted by Gasteiger charge is -2.24. The molecule has 0 radical (unpaired) electrons. The summed E-state index contributed by atoms with van der Waals surface area (Å²) in [5.41, 5.74) is 0.908. The van der Waals surface area contributed by atoms with Crippen molar-refractivity contribution in [2.45, 2.75) is 31.8 Å². The summed E-state index contributed by atoms with van der Waals surface area (Å²) >= 11 is 0. The molecule has 1 atom stereocenters. The largest absolute Gasteiger partial charge is 0.387 e. The van der Waals surface area contributed by atoms with E-state index in [-0.39, 0.29) is 5.91 Å². The van der Waals surface area contributed by atoms with Gasteiger partial charge in [0.15, 0.2) is 0 Å². The molecule has 21 heavy (non-hydrogen) atoms. The number of carbonyl (C=O) groups excluding carboxylic acids is 1. The van der Waals surface area contributed by atoms with Crippen molar-refractivity contribution in [3.8, 4) is 0 Å². The van der Waals surface area contributed by atoms with Gasteiger partial charge in [-0.05, 0) is 29.2 Å². The molecule has 1 unspecified atom stereocenters. The van der Waals surface area contributed by atoms with Crippen LogP contribution in [0.3, 0.4) is 0 Å². The molecule has 0 aromatic heterocycles. The van der Waals surface area contributed by atoms with Crippen molar-refractivity contribution in [3.05, 3.63) is 48.0 Å². The van der Waals surface area contributed by atoms with E-state index in [2.05, 4.69) is 0 Å². The highest BCUT2D eigenvalue weighted by Gasteiger charge is 2.21. The number of hydrogen-bond acceptors (Lipinski definition) is 2. The van der Waals surface area contributed by atoms with Gasteiger partial charge < -0.3 is 10.0 Å². The van der Waals surface area contributed by atoms with E-state index in [4.69, 9.17) is 0 Å². The van der Waals surface area contributed by atoms with E-state index in [0.717, 1.165) is 42.1 Å². The van der Waals surface area contributed by atoms with E-state index >= 15 is 0 Å². The van der Waals surface area contributed by atoms with E-state index in [1.54, 1.807) is 0 Å². The lowest BCUT2D eigenvalue weighted by atomic mass is 10.00. The van der Waals surface area contributed by atoms with Crippen molar-refractivity contribution >= 4 is 16.7 Å². The summed E-state index contributed by atoms with van der Waals surface area (Å²) in [5.74, 6) is 0.173. The first-order valence-corrected chi connectivity index (χ1v) is 7.69. The lowest BCUT2D eigenvalue weighted by Crippen LogP contribution is -2.34. The molecule has 1 aliphatic rings. The maximum atomic E-state index is 12.1. The van der Waals surface area contributed by atoms with Gasteiger partial charge in [0.2, 0.25) is 5.91 Å². The van der Waals surface area contributed by atoms with E-state index < -0.39 is 6.10 Å². The Hall–Kier alpha value is -1.87. The SMILES string of the molecule is O=C1CCCCCN1CC(O)c1cccc2ccccc12. The molecule has 1 amide bonds. The average Bonchev–Trinajstić information content (AvgIpc) is 2.71. The maximum absolute atomic E-state index is 12.1. The summed E-state index contributed by atoms with van der Waals surface area (Å²) in [5, 5.41) is 12.8. The molecule has 0 spiro atoms. The molecule has 1 N–H and O–H groups in total. The van der Waals surface area contributed by atoms with E-state index in [9.17, 15) is 9.90 Å². The van der Waals surface area contributed by atoms with Crippen LogP contribution in [0.5, 0.6) is 0 Å². The molecule has 0 bridgehead atoms. The first kappa shape index (κ1) is 14.1. The second kappa shape index (κ2) is 6.27. The fourth-order valence-electron chi connectivity index (χ4n) is 3.08. The van der Waals surface area contributed by atoms with E-state index in [1.165, 1.54) is 0 Å². The van der Waals surface area contributed by atoms with Crippen molar-refractivity contribution in [3.63, 3.8) is 0 Å². The summed E-state index contributed by atoms with van der Waals surface area (Å²) in [6.07, 6.45) is 3.10. The Balaban J connectivity index is 1.83. The van der Waals surface area contributed by atoms with Crippen molar-refractivity contribution in [2.75, 3.05) is 13.1 Å². The molecular formula is C18H21NO2. The van der Waals surface area contributed by atoms with Gasteiger partial charge in [0.25, 0.3) is 0 Å². The van der Waals surface area contributed by atoms with Crippen LogP contribution in [0.25, 0.3) is 10.8 Å². The number of aliphatic hydroxyl groups excluding tert-OH is 1. The fourth-order valence-corrected chi connectivity index (χ4v) is 3.08. The third-order valence-electron chi connectivity index (χ3n) is 4.25. The topological polar surface area (TPSA) is 40.5 Å². The molecule has 110 valence electrons. The minimum atomic E-state index is -0.627. The van der Waals surface area contributed by atoms with Crippen LogP contribution in [0.2, 0.25) is 0 Å². The van der Waals surface area contributed by atoms with Gasteiger partial charge in [-0.3, -0.25) is 4.79 Å². The average molecular weight is 283 g/mol. The van der Waals surface area contributed by atoms with Crippen molar-refractivity contribution in [1.29, 1.82) is 0 Å². The third kappa shape index (κ3) is 3.08. The Kier molecular flexibility index (Phi) is 4.20. The Labute approximate surface area is 125 Å². The number of nitrogens with zero attached hydrogens (tertiary/aromatic N) is 1. The molecule has 1 saturated heterocycles. The first-order valence-electron chi connectivity index (χ1n) is 7.69. The minimum Gasteiger partial charge on any atom is -0.387 e. The number of benzene rings is 2. The molecule has 3 heteroatoms. The molecule has 0 aliphatic carbocycles. The Morgan fingerprint density at radius 1 is 1.05 bits per heavy atom. The number of carbonyl (C=O) groups is 1. The maximum Gasteiger partial charge on any atom is 0.222 e. The molecule has 1 heterocycles. The molecule has 1 aliphatic heterocycles. The summed E-state index contributed by atoms with van der Waals surface area (Å²) < 4.78 is 0. The van der Waals surface area contributed by atoms with Crippen LogP contribution in [0.15, 0.2) is 42.5 Å². The standard InChI is InChI=1S/C18H21NO2/c20-17(13-19-12-5-1-2-11-18(19)21)16-10-6-8-14-7-3-4-9-15(14)16/h3-4,6-10,17,20H,1-2,5,11-13H2. The number of likely N-dealkylation sites (tertiary alicyclic amines) is 1. The summed E-state index contributed by atoms with van der Waals surface area (Å²) in [6.45, 7) is 1.16. The van der Waals surface area contributed by atoms with Crippen molar-refractivity contribution < 1.29 is 9.90 Å². The first-order chi connectivity index (χ1) is 10.3. The summed E-state index contributed by atoms with van der Waals surface area (Å²) in [7, 11) is 0. The predicted octanol–water partition coefficient (Wildman–Crippen LogP) is 3.28. The number of fused-ring (bicyclic) bond motifs is 1. The molecule has 0 saturated carbocycles. The van der Waals surface area contributed by atoms with Gasteiger partial charge in [-0.15, -0.1) is 0 Å². The van der Waals surface area contributed by atoms with Crippen LogP contribution in [-0.2, 0) is 4.79 Å². The van der Waals surface area contributed by atoms with Crippen LogP contribution < -0.4 is 0 Å². The highest BCUT2D eigenvalue weighted by Crippen LogP contribution is 2.25. The van der Waals surface area contributed by atoms with E-state index in [0.29, 0.717) is 13.0 Å². The quantitative estimate of drug-likeness (QED) is 0.939. The van der Waals surface area contributed by atoms with Crippen LogP contribution in [0.1, 0.15) is 37.4 Å². The molecule has 2 aromatic carbocycles. The number of β-amino-alcohol motifs (C(OH)–C–C–N with tert-alkyl or cyclic N) is 1. The van der Waals surface area contributed by atoms with Crippen molar-refractivity contribution in [2.24, 2.45) is 0 Å². The summed E-state index contributed by atoms with van der Waals surface area (Å²) in [6, 6.07) is 14.0. The van der Waals surface area contributed by atoms with Gasteiger partial charge >= 0.3 is 0 Å². The van der Waals surface area contributed by atoms with Gasteiger partial charge in [0, 0.05) is 13.0 Å². The highest BCUT2D eigenvalue weighted by molar-refractivity contribution is 5.86. The lowest BCUT2D eigenvalue weighted by molar-refractivity contribution is -0.132. The van der Waals surface area contributed by atoms with Crippen molar-refractivity contribution in [1.82, 2.24) is 4.90 Å². The normalized spacial score (nSPS) is 17.8. The third-order valence-corrected chi connectivity index (χ3v) is 4.25. The van der Waals surface area contributed by atoms with E-state index in [1.807, 2.05) is 47.4 Å². The minimum absolute atomic E-state index is 0.173. The monoisotopic (exact) mass is 283 g/mol. The molecule has 1 fully saturated rings. The Morgan fingerprint density at radius 2 is 1.86 bits per heavy atom. The Morgan fingerprint density at radius 3 is 2.76 bits per heavy atom. The zero-order chi connectivity index (χ0) is 14.7. The Bertz CT molecular complexity index is 633. The second-order valence-corrected chi connectivity index (χ2v) is 5.73. The number of aliphatic hydroxyl groups is 1. The van der Waals surface area contributed by atoms with Gasteiger partial charge in [0.1, 0.15) is 0 Å². The van der Waals surface area contributed by atoms with Crippen LogP contribution in [0, 0.1) is 0 Å². The molecular weight excluding hydrogens is 262 g/mol. The van der Waals surface area contributed by atoms with Crippen LogP contribution in [0.4, 0.5) is 0 Å². The number of hydrogen-bond donors (Lipinski definition) is 1. The van der Waals surface area contributed by atoms with Crippen LogP contribution in [-0.4, -0.2) is 29.0 Å². The van der Waals surface area contributed by atoms with Gasteiger partial charge in [0.05, 0.1) is 12.6 Å². The van der Waals surface area contributed by atoms with Gasteiger partial charge in [-0.25, -0.2) is 0 Å². The predicted molar refractivity (Wildman–Crippen MR) is 84.0 cm³/mol. The number of rotatable bonds is 3. The zero-order valence-corrected chi connectivity index (χ0v) is 12.2. The highest BCUT2D eigenvalue weighted by atomic mass is 16.3. The molecule has 2 aromatic rings. The van der Waals surface area contributed by atoms with Gasteiger partial charge in [-0.1, -0.05) is 48.9 Å². The fraction of sp³-hybridized carbons (Fsp3) is 0.389. The van der Waals surface area contributed by atoms with Crippen LogP contribution >= 0.6 is 0 Å². The molecule has 3 nitrogen and oxygen atoms in total. The molecule has 3 rings (SSSR count). The summed E-state index contributed by atoms with van der Waals surface area (Å²) in [4.78, 5) is 13.9. The smallest absolute Gasteiger partial charge is 0.222 e. The second-order valence-electron chi connectivity index (χ2n) is 5.73.